The summed E-state index contributed by atoms with van der Waals surface area (Å²) in [5.41, 5.74) is -0.0914. The number of carbonyl (C=O) groups excluding carboxylic acids is 2. The van der Waals surface area contributed by atoms with Crippen molar-refractivity contribution in [1.29, 1.82) is 0 Å². The van der Waals surface area contributed by atoms with Gasteiger partial charge < -0.3 is 19.5 Å². The molecule has 0 unspecified atom stereocenters. The van der Waals surface area contributed by atoms with Crippen LogP contribution in [0.25, 0.3) is 0 Å². The van der Waals surface area contributed by atoms with Crippen molar-refractivity contribution < 1.29 is 33.1 Å². The number of hydrogen-bond acceptors (Lipinski definition) is 7. The van der Waals surface area contributed by atoms with Gasteiger partial charge in [-0.05, 0) is 29.8 Å². The van der Waals surface area contributed by atoms with Crippen LogP contribution in [0.5, 0.6) is 11.5 Å². The van der Waals surface area contributed by atoms with Crippen LogP contribution in [0.15, 0.2) is 36.4 Å². The Morgan fingerprint density at radius 2 is 1.89 bits per heavy atom. The average Bonchev–Trinajstić information content (AvgIpc) is 2.66. The zero-order valence-electron chi connectivity index (χ0n) is 15.1. The zero-order valence-corrected chi connectivity index (χ0v) is 15.1. The summed E-state index contributed by atoms with van der Waals surface area (Å²) in [5.74, 6) is -1.86. The van der Waals surface area contributed by atoms with Crippen LogP contribution in [0.1, 0.15) is 5.56 Å². The molecule has 0 atom stereocenters. The fraction of sp³-hybridized carbons (Fsp3) is 0.222. The molecule has 1 N–H and O–H groups in total. The number of rotatable bonds is 8. The van der Waals surface area contributed by atoms with Crippen LogP contribution >= 0.6 is 0 Å². The quantitative estimate of drug-likeness (QED) is 0.417. The molecule has 0 spiro atoms. The van der Waals surface area contributed by atoms with Crippen molar-refractivity contribution in [2.24, 2.45) is 0 Å². The van der Waals surface area contributed by atoms with E-state index in [1.165, 1.54) is 38.5 Å². The third-order valence-electron chi connectivity index (χ3n) is 3.60. The monoisotopic (exact) mass is 392 g/mol. The molecule has 0 aliphatic rings. The van der Waals surface area contributed by atoms with Gasteiger partial charge in [0, 0.05) is 0 Å². The summed E-state index contributed by atoms with van der Waals surface area (Å²) in [6.45, 7) is -0.652. The maximum absolute atomic E-state index is 13.6. The lowest BCUT2D eigenvalue weighted by molar-refractivity contribution is -0.384. The maximum Gasteiger partial charge on any atom is 0.310 e. The molecule has 0 fully saturated rings. The Labute approximate surface area is 159 Å². The van der Waals surface area contributed by atoms with E-state index in [1.54, 1.807) is 0 Å². The molecule has 10 heteroatoms. The molecule has 2 aromatic carbocycles. The average molecular weight is 392 g/mol. The first-order valence-electron chi connectivity index (χ1n) is 7.94. The van der Waals surface area contributed by atoms with E-state index in [9.17, 15) is 24.1 Å². The van der Waals surface area contributed by atoms with Gasteiger partial charge in [-0.2, -0.15) is 0 Å². The van der Waals surface area contributed by atoms with E-state index in [4.69, 9.17) is 14.2 Å². The molecular formula is C18H17FN2O7. The summed E-state index contributed by atoms with van der Waals surface area (Å²) in [4.78, 5) is 34.1. The Hall–Kier alpha value is -3.69. The number of ether oxygens (including phenoxy) is 3. The van der Waals surface area contributed by atoms with Gasteiger partial charge in [-0.1, -0.05) is 6.07 Å². The van der Waals surface area contributed by atoms with E-state index in [0.29, 0.717) is 5.56 Å². The van der Waals surface area contributed by atoms with Gasteiger partial charge in [-0.15, -0.1) is 0 Å². The highest BCUT2D eigenvalue weighted by Gasteiger charge is 2.18. The van der Waals surface area contributed by atoms with Gasteiger partial charge in [0.25, 0.3) is 11.6 Å². The highest BCUT2D eigenvalue weighted by molar-refractivity contribution is 5.95. The van der Waals surface area contributed by atoms with Gasteiger partial charge in [0.15, 0.2) is 18.2 Å². The summed E-state index contributed by atoms with van der Waals surface area (Å²) in [7, 11) is 2.67. The molecule has 0 saturated carbocycles. The Balaban J connectivity index is 1.92. The van der Waals surface area contributed by atoms with Crippen molar-refractivity contribution in [3.63, 3.8) is 0 Å². The third kappa shape index (κ3) is 5.40. The Bertz CT molecular complexity index is 901. The number of nitrogens with zero attached hydrogens (tertiary/aromatic N) is 1. The van der Waals surface area contributed by atoms with E-state index in [1.807, 2.05) is 0 Å². The number of esters is 1. The van der Waals surface area contributed by atoms with Crippen LogP contribution in [0.3, 0.4) is 0 Å². The molecule has 0 heterocycles. The van der Waals surface area contributed by atoms with Crippen LogP contribution < -0.4 is 14.8 Å². The Kier molecular flexibility index (Phi) is 6.85. The first kappa shape index (κ1) is 20.6. The van der Waals surface area contributed by atoms with Crippen molar-refractivity contribution in [3.05, 3.63) is 57.9 Å². The lowest BCUT2D eigenvalue weighted by Crippen LogP contribution is -2.22. The second-order valence-electron chi connectivity index (χ2n) is 5.49. The number of nitrogens with one attached hydrogen (secondary N) is 1. The normalized spacial score (nSPS) is 10.1. The Morgan fingerprint density at radius 1 is 1.14 bits per heavy atom. The SMILES string of the molecule is COc1ccc(NC(=O)COC(=O)Cc2ccc(OC)c(F)c2)c([N+](=O)[O-])c1. The molecule has 148 valence electrons. The number of nitro groups is 1. The molecular weight excluding hydrogens is 375 g/mol. The van der Waals surface area contributed by atoms with E-state index >= 15 is 0 Å². The van der Waals surface area contributed by atoms with Gasteiger partial charge in [-0.25, -0.2) is 4.39 Å². The molecule has 0 aliphatic heterocycles. The number of nitro benzene ring substituents is 1. The predicted octanol–water partition coefficient (Wildman–Crippen LogP) is 2.48. The second-order valence-corrected chi connectivity index (χ2v) is 5.49. The minimum Gasteiger partial charge on any atom is -0.496 e. The molecule has 0 saturated heterocycles. The number of methoxy groups -OCH3 is 2. The predicted molar refractivity (Wildman–Crippen MR) is 95.9 cm³/mol. The number of anilines is 1. The van der Waals surface area contributed by atoms with Crippen molar-refractivity contribution >= 4 is 23.3 Å². The third-order valence-corrected chi connectivity index (χ3v) is 3.60. The van der Waals surface area contributed by atoms with Crippen molar-refractivity contribution in [2.45, 2.75) is 6.42 Å². The van der Waals surface area contributed by atoms with E-state index in [2.05, 4.69) is 5.32 Å². The summed E-state index contributed by atoms with van der Waals surface area (Å²) in [6.07, 6.45) is -0.253. The summed E-state index contributed by atoms with van der Waals surface area (Å²) >= 11 is 0. The molecule has 0 radical (unpaired) electrons. The molecule has 0 aromatic heterocycles. The topological polar surface area (TPSA) is 117 Å². The fourth-order valence-electron chi connectivity index (χ4n) is 2.27. The molecule has 9 nitrogen and oxygen atoms in total. The zero-order chi connectivity index (χ0) is 20.7. The van der Waals surface area contributed by atoms with Crippen LogP contribution in [0.4, 0.5) is 15.8 Å². The van der Waals surface area contributed by atoms with Gasteiger partial charge in [0.05, 0.1) is 31.6 Å². The van der Waals surface area contributed by atoms with Gasteiger partial charge in [0.1, 0.15) is 11.4 Å². The number of hydrogen-bond donors (Lipinski definition) is 1. The van der Waals surface area contributed by atoms with Crippen molar-refractivity contribution in [3.8, 4) is 11.5 Å². The first-order chi connectivity index (χ1) is 13.3. The number of carbonyl (C=O) groups is 2. The van der Waals surface area contributed by atoms with Gasteiger partial charge in [0.2, 0.25) is 0 Å². The van der Waals surface area contributed by atoms with Gasteiger partial charge >= 0.3 is 5.97 Å². The Morgan fingerprint density at radius 3 is 2.50 bits per heavy atom. The lowest BCUT2D eigenvalue weighted by atomic mass is 10.1. The van der Waals surface area contributed by atoms with E-state index in [0.717, 1.165) is 12.1 Å². The van der Waals surface area contributed by atoms with E-state index < -0.39 is 29.2 Å². The highest BCUT2D eigenvalue weighted by atomic mass is 19.1. The fourth-order valence-corrected chi connectivity index (χ4v) is 2.27. The summed E-state index contributed by atoms with van der Waals surface area (Å²) in [6, 6.07) is 7.88. The van der Waals surface area contributed by atoms with Crippen molar-refractivity contribution in [1.82, 2.24) is 0 Å². The molecule has 28 heavy (non-hydrogen) atoms. The maximum atomic E-state index is 13.6. The van der Waals surface area contributed by atoms with Crippen LogP contribution in [-0.2, 0) is 20.7 Å². The molecule has 0 aliphatic carbocycles. The number of benzene rings is 2. The first-order valence-corrected chi connectivity index (χ1v) is 7.94. The molecule has 0 bridgehead atoms. The minimum atomic E-state index is -0.762. The number of halogens is 1. The molecule has 1 amide bonds. The highest BCUT2D eigenvalue weighted by Crippen LogP contribution is 2.28. The van der Waals surface area contributed by atoms with Crippen LogP contribution in [0, 0.1) is 15.9 Å². The summed E-state index contributed by atoms with van der Waals surface area (Å²) < 4.78 is 28.1. The molecule has 2 aromatic rings. The smallest absolute Gasteiger partial charge is 0.310 e. The van der Waals surface area contributed by atoms with Gasteiger partial charge in [-0.3, -0.25) is 19.7 Å². The van der Waals surface area contributed by atoms with Crippen LogP contribution in [-0.4, -0.2) is 37.6 Å². The second kappa shape index (κ2) is 9.31. The summed E-state index contributed by atoms with van der Waals surface area (Å²) in [5, 5.41) is 13.4. The van der Waals surface area contributed by atoms with Crippen molar-refractivity contribution in [2.75, 3.05) is 26.1 Å². The molecule has 2 rings (SSSR count). The number of amides is 1. The van der Waals surface area contributed by atoms with Crippen LogP contribution in [0.2, 0.25) is 0 Å². The standard InChI is InChI=1S/C18H17FN2O7/c1-26-12-4-5-14(15(9-12)21(24)25)20-17(22)10-28-18(23)8-11-3-6-16(27-2)13(19)7-11/h3-7,9H,8,10H2,1-2H3,(H,20,22). The van der Waals surface area contributed by atoms with E-state index in [-0.39, 0.29) is 29.3 Å². The minimum absolute atomic E-state index is 0.0394. The lowest BCUT2D eigenvalue weighted by Gasteiger charge is -2.09. The largest absolute Gasteiger partial charge is 0.496 e.